The predicted octanol–water partition coefficient (Wildman–Crippen LogP) is 2.62. The zero-order valence-electron chi connectivity index (χ0n) is 12.8. The van der Waals surface area contributed by atoms with E-state index in [9.17, 15) is 0 Å². The maximum absolute atomic E-state index is 6.01. The number of ether oxygens (including phenoxy) is 1. The molecule has 2 aliphatic rings. The molecule has 1 saturated carbocycles. The molecule has 0 spiro atoms. The van der Waals surface area contributed by atoms with E-state index >= 15 is 0 Å². The van der Waals surface area contributed by atoms with Gasteiger partial charge in [-0.3, -0.25) is 0 Å². The van der Waals surface area contributed by atoms with Gasteiger partial charge in [-0.2, -0.15) is 15.0 Å². The first-order valence-electron chi connectivity index (χ1n) is 8.26. The minimum Gasteiger partial charge on any atom is -0.460 e. The molecular formula is C15H25N5O. The van der Waals surface area contributed by atoms with E-state index in [2.05, 4.69) is 25.2 Å². The first-order chi connectivity index (χ1) is 10.3. The molecule has 2 heterocycles. The molecule has 21 heavy (non-hydrogen) atoms. The van der Waals surface area contributed by atoms with Gasteiger partial charge < -0.3 is 15.0 Å². The lowest BCUT2D eigenvalue weighted by atomic mass is 9.98. The number of rotatable bonds is 5. The molecule has 0 bridgehead atoms. The van der Waals surface area contributed by atoms with E-state index in [1.807, 2.05) is 6.92 Å². The first kappa shape index (κ1) is 14.4. The second kappa shape index (κ2) is 6.91. The Bertz CT molecular complexity index is 455. The van der Waals surface area contributed by atoms with Gasteiger partial charge in [0.25, 0.3) is 0 Å². The van der Waals surface area contributed by atoms with Gasteiger partial charge in [-0.05, 0) is 45.4 Å². The average Bonchev–Trinajstić information content (AvgIpc) is 3.03. The van der Waals surface area contributed by atoms with Gasteiger partial charge >= 0.3 is 6.01 Å². The van der Waals surface area contributed by atoms with Crippen molar-refractivity contribution in [3.8, 4) is 6.01 Å². The Labute approximate surface area is 126 Å². The van der Waals surface area contributed by atoms with E-state index in [1.54, 1.807) is 0 Å². The van der Waals surface area contributed by atoms with Crippen molar-refractivity contribution in [2.24, 2.45) is 0 Å². The zero-order chi connectivity index (χ0) is 14.5. The molecule has 1 saturated heterocycles. The normalized spacial score (nSPS) is 19.8. The molecule has 1 N–H and O–H groups in total. The number of hydrogen-bond acceptors (Lipinski definition) is 6. The molecule has 0 unspecified atom stereocenters. The third-order valence-corrected chi connectivity index (χ3v) is 4.15. The summed E-state index contributed by atoms with van der Waals surface area (Å²) in [5.41, 5.74) is 0. The Balaban J connectivity index is 1.76. The van der Waals surface area contributed by atoms with Crippen molar-refractivity contribution in [1.29, 1.82) is 0 Å². The quantitative estimate of drug-likeness (QED) is 0.899. The Hall–Kier alpha value is -1.59. The van der Waals surface area contributed by atoms with Crippen LogP contribution in [0.1, 0.15) is 51.9 Å². The van der Waals surface area contributed by atoms with Crippen LogP contribution in [-0.2, 0) is 0 Å². The van der Waals surface area contributed by atoms with Crippen molar-refractivity contribution in [3.63, 3.8) is 0 Å². The molecule has 1 aromatic heterocycles. The van der Waals surface area contributed by atoms with Crippen LogP contribution >= 0.6 is 0 Å². The summed E-state index contributed by atoms with van der Waals surface area (Å²) < 4.78 is 6.01. The number of nitrogens with zero attached hydrogens (tertiary/aromatic N) is 4. The summed E-state index contributed by atoms with van der Waals surface area (Å²) >= 11 is 0. The fraction of sp³-hybridized carbons (Fsp3) is 0.800. The van der Waals surface area contributed by atoms with Crippen LogP contribution in [0.5, 0.6) is 6.01 Å². The van der Waals surface area contributed by atoms with Gasteiger partial charge in [0, 0.05) is 19.6 Å². The van der Waals surface area contributed by atoms with Crippen molar-refractivity contribution < 1.29 is 4.74 Å². The summed E-state index contributed by atoms with van der Waals surface area (Å²) in [5.74, 6) is 1.38. The maximum Gasteiger partial charge on any atom is 0.323 e. The molecule has 1 aromatic rings. The van der Waals surface area contributed by atoms with Gasteiger partial charge in [-0.25, -0.2) is 0 Å². The standard InChI is InChI=1S/C15H25N5O/c1-2-16-13-17-14(20-10-6-7-11-20)19-15(18-13)21-12-8-4-3-5-9-12/h12H,2-11H2,1H3,(H,16,17,18,19). The molecule has 0 amide bonds. The minimum absolute atomic E-state index is 0.266. The van der Waals surface area contributed by atoms with Gasteiger partial charge in [-0.15, -0.1) is 0 Å². The van der Waals surface area contributed by atoms with Crippen molar-refractivity contribution in [3.05, 3.63) is 0 Å². The Morgan fingerprint density at radius 2 is 1.81 bits per heavy atom. The second-order valence-electron chi connectivity index (χ2n) is 5.84. The summed E-state index contributed by atoms with van der Waals surface area (Å²) in [6.07, 6.45) is 8.72. The lowest BCUT2D eigenvalue weighted by Crippen LogP contribution is -2.24. The van der Waals surface area contributed by atoms with E-state index in [1.165, 1.54) is 32.1 Å². The van der Waals surface area contributed by atoms with Crippen LogP contribution in [0.3, 0.4) is 0 Å². The fourth-order valence-corrected chi connectivity index (χ4v) is 3.03. The smallest absolute Gasteiger partial charge is 0.323 e. The Morgan fingerprint density at radius 3 is 2.52 bits per heavy atom. The van der Waals surface area contributed by atoms with E-state index < -0.39 is 0 Å². The third-order valence-electron chi connectivity index (χ3n) is 4.15. The highest BCUT2D eigenvalue weighted by molar-refractivity contribution is 5.39. The molecule has 6 heteroatoms. The molecule has 116 valence electrons. The van der Waals surface area contributed by atoms with Crippen LogP contribution in [0.25, 0.3) is 0 Å². The number of nitrogens with one attached hydrogen (secondary N) is 1. The molecular weight excluding hydrogens is 266 g/mol. The van der Waals surface area contributed by atoms with E-state index in [-0.39, 0.29) is 6.10 Å². The summed E-state index contributed by atoms with van der Waals surface area (Å²) in [6, 6.07) is 0.481. The van der Waals surface area contributed by atoms with E-state index in [0.29, 0.717) is 12.0 Å². The van der Waals surface area contributed by atoms with Crippen molar-refractivity contribution in [2.45, 2.75) is 58.0 Å². The summed E-state index contributed by atoms with van der Waals surface area (Å²) in [7, 11) is 0. The summed E-state index contributed by atoms with van der Waals surface area (Å²) in [4.78, 5) is 15.7. The van der Waals surface area contributed by atoms with E-state index in [0.717, 1.165) is 38.4 Å². The van der Waals surface area contributed by atoms with Crippen LogP contribution in [0, 0.1) is 0 Å². The maximum atomic E-state index is 6.01. The van der Waals surface area contributed by atoms with Crippen LogP contribution in [-0.4, -0.2) is 40.7 Å². The van der Waals surface area contributed by atoms with Gasteiger partial charge in [-0.1, -0.05) is 6.42 Å². The zero-order valence-corrected chi connectivity index (χ0v) is 12.8. The predicted molar refractivity (Wildman–Crippen MR) is 82.9 cm³/mol. The van der Waals surface area contributed by atoms with Crippen LogP contribution in [0.15, 0.2) is 0 Å². The minimum atomic E-state index is 0.266. The van der Waals surface area contributed by atoms with Crippen LogP contribution < -0.4 is 15.0 Å². The highest BCUT2D eigenvalue weighted by Crippen LogP contribution is 2.24. The van der Waals surface area contributed by atoms with Gasteiger partial charge in [0.05, 0.1) is 0 Å². The number of aromatic nitrogens is 3. The molecule has 2 fully saturated rings. The van der Waals surface area contributed by atoms with Gasteiger partial charge in [0.15, 0.2) is 0 Å². The third kappa shape index (κ3) is 3.74. The van der Waals surface area contributed by atoms with Crippen molar-refractivity contribution >= 4 is 11.9 Å². The molecule has 0 aromatic carbocycles. The molecule has 1 aliphatic heterocycles. The average molecular weight is 291 g/mol. The highest BCUT2D eigenvalue weighted by atomic mass is 16.5. The molecule has 0 radical (unpaired) electrons. The second-order valence-corrected chi connectivity index (χ2v) is 5.84. The van der Waals surface area contributed by atoms with Crippen molar-refractivity contribution in [2.75, 3.05) is 29.9 Å². The topological polar surface area (TPSA) is 63.2 Å². The Kier molecular flexibility index (Phi) is 4.72. The number of anilines is 2. The summed E-state index contributed by atoms with van der Waals surface area (Å²) in [6.45, 7) is 4.89. The largest absolute Gasteiger partial charge is 0.460 e. The van der Waals surface area contributed by atoms with Crippen molar-refractivity contribution in [1.82, 2.24) is 15.0 Å². The number of hydrogen-bond donors (Lipinski definition) is 1. The Morgan fingerprint density at radius 1 is 1.05 bits per heavy atom. The van der Waals surface area contributed by atoms with Crippen LogP contribution in [0.4, 0.5) is 11.9 Å². The van der Waals surface area contributed by atoms with Gasteiger partial charge in [0.2, 0.25) is 11.9 Å². The summed E-state index contributed by atoms with van der Waals surface area (Å²) in [5, 5.41) is 3.18. The first-order valence-corrected chi connectivity index (χ1v) is 8.26. The SMILES string of the molecule is CCNc1nc(OC2CCCCC2)nc(N2CCCC2)n1. The van der Waals surface area contributed by atoms with E-state index in [4.69, 9.17) is 4.74 Å². The van der Waals surface area contributed by atoms with Crippen LogP contribution in [0.2, 0.25) is 0 Å². The fourth-order valence-electron chi connectivity index (χ4n) is 3.03. The highest BCUT2D eigenvalue weighted by Gasteiger charge is 2.20. The monoisotopic (exact) mass is 291 g/mol. The lowest BCUT2D eigenvalue weighted by molar-refractivity contribution is 0.142. The molecule has 3 rings (SSSR count). The molecule has 6 nitrogen and oxygen atoms in total. The molecule has 1 aliphatic carbocycles. The molecule has 0 atom stereocenters. The van der Waals surface area contributed by atoms with Gasteiger partial charge in [0.1, 0.15) is 6.10 Å². The lowest BCUT2D eigenvalue weighted by Gasteiger charge is -2.23.